The quantitative estimate of drug-likeness (QED) is 0.697. The maximum absolute atomic E-state index is 6.10. The van der Waals surface area contributed by atoms with Crippen LogP contribution in [0.2, 0.25) is 0 Å². The first-order valence-corrected chi connectivity index (χ1v) is 6.94. The van der Waals surface area contributed by atoms with Gasteiger partial charge >= 0.3 is 0 Å². The van der Waals surface area contributed by atoms with Crippen molar-refractivity contribution >= 4 is 0 Å². The van der Waals surface area contributed by atoms with E-state index >= 15 is 0 Å². The van der Waals surface area contributed by atoms with E-state index in [0.29, 0.717) is 6.61 Å². The van der Waals surface area contributed by atoms with Crippen molar-refractivity contribution in [2.24, 2.45) is 0 Å². The summed E-state index contributed by atoms with van der Waals surface area (Å²) in [5, 5.41) is 3.58. The van der Waals surface area contributed by atoms with Crippen LogP contribution in [-0.4, -0.2) is 37.5 Å². The highest BCUT2D eigenvalue weighted by atomic mass is 16.5. The van der Waals surface area contributed by atoms with Crippen molar-refractivity contribution in [1.29, 1.82) is 0 Å². The molecule has 0 heterocycles. The number of rotatable bonds is 7. The van der Waals surface area contributed by atoms with Gasteiger partial charge in [-0.2, -0.15) is 0 Å². The number of hydrogen-bond donors (Lipinski definition) is 1. The van der Waals surface area contributed by atoms with E-state index in [1.165, 1.54) is 25.7 Å². The maximum Gasteiger partial charge on any atom is 0.0807 e. The van der Waals surface area contributed by atoms with Crippen LogP contribution in [0.4, 0.5) is 0 Å². The molecule has 0 aromatic heterocycles. The molecule has 0 atom stereocenters. The van der Waals surface area contributed by atoms with Crippen LogP contribution < -0.4 is 5.32 Å². The molecule has 0 bridgehead atoms. The summed E-state index contributed by atoms with van der Waals surface area (Å²) in [6.07, 6.45) is 4.95. The van der Waals surface area contributed by atoms with E-state index in [-0.39, 0.29) is 11.1 Å². The molecule has 17 heavy (non-hydrogen) atoms. The summed E-state index contributed by atoms with van der Waals surface area (Å²) in [5.74, 6) is 0. The van der Waals surface area contributed by atoms with Crippen LogP contribution in [0.25, 0.3) is 0 Å². The van der Waals surface area contributed by atoms with Gasteiger partial charge in [-0.1, -0.05) is 12.8 Å². The van der Waals surface area contributed by atoms with E-state index in [0.717, 1.165) is 19.8 Å². The highest BCUT2D eigenvalue weighted by Crippen LogP contribution is 2.33. The molecule has 102 valence electrons. The molecule has 1 aliphatic carbocycles. The fourth-order valence-corrected chi connectivity index (χ4v) is 2.28. The molecule has 1 saturated carbocycles. The molecule has 3 heteroatoms. The molecular weight excluding hydrogens is 214 g/mol. The first kappa shape index (κ1) is 14.9. The Morgan fingerprint density at radius 2 is 1.76 bits per heavy atom. The molecule has 1 aliphatic rings. The Balaban J connectivity index is 2.34. The molecule has 0 aliphatic heterocycles. The number of ether oxygens (including phenoxy) is 2. The zero-order valence-electron chi connectivity index (χ0n) is 12.0. The SMILES string of the molecule is CCOCCOC1(CNC(C)(C)C)CCCC1. The van der Waals surface area contributed by atoms with Crippen LogP contribution >= 0.6 is 0 Å². The lowest BCUT2D eigenvalue weighted by Gasteiger charge is -2.33. The number of hydrogen-bond acceptors (Lipinski definition) is 3. The van der Waals surface area contributed by atoms with Crippen LogP contribution in [0.5, 0.6) is 0 Å². The first-order chi connectivity index (χ1) is 7.97. The minimum absolute atomic E-state index is 0.0599. The molecule has 3 nitrogen and oxygen atoms in total. The van der Waals surface area contributed by atoms with Crippen molar-refractivity contribution in [3.05, 3.63) is 0 Å². The van der Waals surface area contributed by atoms with E-state index in [9.17, 15) is 0 Å². The van der Waals surface area contributed by atoms with E-state index < -0.39 is 0 Å². The lowest BCUT2D eigenvalue weighted by atomic mass is 9.99. The summed E-state index contributed by atoms with van der Waals surface area (Å²) in [6.45, 7) is 11.8. The van der Waals surface area contributed by atoms with Gasteiger partial charge in [-0.05, 0) is 40.5 Å². The van der Waals surface area contributed by atoms with Crippen molar-refractivity contribution < 1.29 is 9.47 Å². The number of nitrogens with one attached hydrogen (secondary N) is 1. The average molecular weight is 243 g/mol. The van der Waals surface area contributed by atoms with E-state index in [2.05, 4.69) is 26.1 Å². The van der Waals surface area contributed by atoms with Crippen molar-refractivity contribution in [3.8, 4) is 0 Å². The van der Waals surface area contributed by atoms with Gasteiger partial charge in [0.1, 0.15) is 0 Å². The minimum atomic E-state index is 0.0599. The summed E-state index contributed by atoms with van der Waals surface area (Å²) < 4.78 is 11.4. The lowest BCUT2D eigenvalue weighted by Crippen LogP contribution is -2.48. The molecule has 0 aromatic rings. The zero-order chi connectivity index (χ0) is 12.8. The second-order valence-electron chi connectivity index (χ2n) is 6.04. The molecule has 0 spiro atoms. The fraction of sp³-hybridized carbons (Fsp3) is 1.00. The third-order valence-corrected chi connectivity index (χ3v) is 3.30. The fourth-order valence-electron chi connectivity index (χ4n) is 2.28. The van der Waals surface area contributed by atoms with Gasteiger partial charge in [0.15, 0.2) is 0 Å². The minimum Gasteiger partial charge on any atom is -0.379 e. The monoisotopic (exact) mass is 243 g/mol. The molecular formula is C14H29NO2. The Morgan fingerprint density at radius 1 is 1.12 bits per heavy atom. The van der Waals surface area contributed by atoms with Gasteiger partial charge in [0.05, 0.1) is 18.8 Å². The van der Waals surface area contributed by atoms with Crippen molar-refractivity contribution in [2.45, 2.75) is 64.5 Å². The first-order valence-electron chi connectivity index (χ1n) is 6.94. The second kappa shape index (κ2) is 6.72. The van der Waals surface area contributed by atoms with Crippen molar-refractivity contribution in [2.75, 3.05) is 26.4 Å². The van der Waals surface area contributed by atoms with Crippen LogP contribution in [0.1, 0.15) is 53.4 Å². The predicted molar refractivity (Wildman–Crippen MR) is 71.4 cm³/mol. The summed E-state index contributed by atoms with van der Waals surface area (Å²) in [6, 6.07) is 0. The summed E-state index contributed by atoms with van der Waals surface area (Å²) >= 11 is 0. The lowest BCUT2D eigenvalue weighted by molar-refractivity contribution is -0.0639. The summed E-state index contributed by atoms with van der Waals surface area (Å²) in [7, 11) is 0. The molecule has 1 fully saturated rings. The molecule has 1 N–H and O–H groups in total. The van der Waals surface area contributed by atoms with Crippen LogP contribution in [-0.2, 0) is 9.47 Å². The van der Waals surface area contributed by atoms with Gasteiger partial charge in [-0.25, -0.2) is 0 Å². The topological polar surface area (TPSA) is 30.5 Å². The standard InChI is InChI=1S/C14H29NO2/c1-5-16-10-11-17-14(8-6-7-9-14)12-15-13(2,3)4/h15H,5-12H2,1-4H3. The van der Waals surface area contributed by atoms with Crippen LogP contribution in [0.15, 0.2) is 0 Å². The second-order valence-corrected chi connectivity index (χ2v) is 6.04. The van der Waals surface area contributed by atoms with Crippen molar-refractivity contribution in [3.63, 3.8) is 0 Å². The van der Waals surface area contributed by atoms with Crippen molar-refractivity contribution in [1.82, 2.24) is 5.32 Å². The smallest absolute Gasteiger partial charge is 0.0807 e. The molecule has 0 amide bonds. The molecule has 0 radical (unpaired) electrons. The maximum atomic E-state index is 6.10. The third-order valence-electron chi connectivity index (χ3n) is 3.30. The van der Waals surface area contributed by atoms with E-state index in [1.54, 1.807) is 0 Å². The Bertz CT molecular complexity index is 205. The molecule has 0 saturated heterocycles. The zero-order valence-corrected chi connectivity index (χ0v) is 12.0. The Hall–Kier alpha value is -0.120. The molecule has 0 aromatic carbocycles. The Labute approximate surface area is 106 Å². The normalized spacial score (nSPS) is 19.8. The van der Waals surface area contributed by atoms with Gasteiger partial charge < -0.3 is 14.8 Å². The van der Waals surface area contributed by atoms with Gasteiger partial charge in [0, 0.05) is 18.7 Å². The molecule has 0 unspecified atom stereocenters. The van der Waals surface area contributed by atoms with Gasteiger partial charge in [-0.15, -0.1) is 0 Å². The predicted octanol–water partition coefficient (Wildman–Crippen LogP) is 2.74. The summed E-state index contributed by atoms with van der Waals surface area (Å²) in [4.78, 5) is 0. The van der Waals surface area contributed by atoms with E-state index in [1.807, 2.05) is 6.92 Å². The third kappa shape index (κ3) is 5.84. The largest absolute Gasteiger partial charge is 0.379 e. The highest BCUT2D eigenvalue weighted by Gasteiger charge is 2.35. The molecule has 1 rings (SSSR count). The van der Waals surface area contributed by atoms with Gasteiger partial charge in [0.25, 0.3) is 0 Å². The van der Waals surface area contributed by atoms with Crippen LogP contribution in [0, 0.1) is 0 Å². The Morgan fingerprint density at radius 3 is 2.29 bits per heavy atom. The Kier molecular flexibility index (Phi) is 5.90. The van der Waals surface area contributed by atoms with E-state index in [4.69, 9.17) is 9.47 Å². The summed E-state index contributed by atoms with van der Waals surface area (Å²) in [5.41, 5.74) is 0.225. The van der Waals surface area contributed by atoms with Gasteiger partial charge in [0.2, 0.25) is 0 Å². The van der Waals surface area contributed by atoms with Crippen LogP contribution in [0.3, 0.4) is 0 Å². The highest BCUT2D eigenvalue weighted by molar-refractivity contribution is 4.90. The van der Waals surface area contributed by atoms with Gasteiger partial charge in [-0.3, -0.25) is 0 Å². The average Bonchev–Trinajstić information content (AvgIpc) is 2.71.